The summed E-state index contributed by atoms with van der Waals surface area (Å²) in [6, 6.07) is 9.62. The summed E-state index contributed by atoms with van der Waals surface area (Å²) in [6.07, 6.45) is 3.82. The van der Waals surface area contributed by atoms with Gasteiger partial charge in [-0.25, -0.2) is 8.78 Å². The summed E-state index contributed by atoms with van der Waals surface area (Å²) in [5, 5.41) is 9.05. The lowest BCUT2D eigenvalue weighted by Crippen LogP contribution is -2.36. The molecule has 1 atom stereocenters. The summed E-state index contributed by atoms with van der Waals surface area (Å²) in [5.74, 6) is -3.27. The summed E-state index contributed by atoms with van der Waals surface area (Å²) < 4.78 is 32.3. The number of methoxy groups -OCH3 is 1. The number of nitrogens with zero attached hydrogens (tertiary/aromatic N) is 3. The zero-order valence-electron chi connectivity index (χ0n) is 17.8. The largest absolute Gasteiger partial charge is 0.497 e. The Balaban J connectivity index is 1.71. The Morgan fingerprint density at radius 2 is 2.00 bits per heavy atom. The Hall–Kier alpha value is -3.60. The molecule has 1 aliphatic rings. The molecule has 0 saturated carbocycles. The number of likely N-dealkylation sites (tertiary alicyclic amines) is 1. The van der Waals surface area contributed by atoms with Crippen LogP contribution in [-0.4, -0.2) is 47.2 Å². The second-order valence-electron chi connectivity index (χ2n) is 7.67. The number of carbonyl (C=O) groups is 2. The number of pyridine rings is 1. The molecule has 1 amide bonds. The summed E-state index contributed by atoms with van der Waals surface area (Å²) in [6.45, 7) is 1.12. The molecule has 2 aromatic rings. The van der Waals surface area contributed by atoms with E-state index in [4.69, 9.17) is 10.00 Å². The number of amides is 1. The van der Waals surface area contributed by atoms with Crippen molar-refractivity contribution in [1.29, 1.82) is 5.26 Å². The minimum Gasteiger partial charge on any atom is -0.497 e. The number of alkyl halides is 2. The van der Waals surface area contributed by atoms with Gasteiger partial charge in [-0.1, -0.05) is 12.1 Å². The number of halogens is 2. The number of carbonyl (C=O) groups excluding carboxylic acids is 2. The lowest BCUT2D eigenvalue weighted by atomic mass is 9.98. The minimum atomic E-state index is -3.08. The maximum Gasteiger partial charge on any atom is 0.268 e. The zero-order chi connectivity index (χ0) is 23.3. The Kier molecular flexibility index (Phi) is 6.98. The van der Waals surface area contributed by atoms with Gasteiger partial charge in [-0.05, 0) is 42.3 Å². The van der Waals surface area contributed by atoms with E-state index in [1.165, 1.54) is 6.20 Å². The number of benzene rings is 1. The van der Waals surface area contributed by atoms with Crippen molar-refractivity contribution in [3.8, 4) is 11.8 Å². The summed E-state index contributed by atoms with van der Waals surface area (Å²) in [4.78, 5) is 30.2. The molecule has 8 heteroatoms. The van der Waals surface area contributed by atoms with E-state index in [-0.39, 0.29) is 18.6 Å². The molecular formula is C24H23F2N3O3. The third-order valence-electron chi connectivity index (χ3n) is 5.37. The van der Waals surface area contributed by atoms with Crippen molar-refractivity contribution in [2.24, 2.45) is 0 Å². The molecule has 6 nitrogen and oxygen atoms in total. The fraction of sp³-hybridized carbons (Fsp3) is 0.333. The lowest BCUT2D eigenvalue weighted by molar-refractivity contribution is -0.132. The SMILES string of the molecule is COc1ccc(/C(C)=C/c2cnccc2C(=O)CCC(=O)N2CC(F)(F)C[C@H]2C#N)cc1. The van der Waals surface area contributed by atoms with Crippen LogP contribution in [0.1, 0.15) is 47.7 Å². The molecule has 32 heavy (non-hydrogen) atoms. The van der Waals surface area contributed by atoms with Crippen LogP contribution in [0.15, 0.2) is 42.7 Å². The van der Waals surface area contributed by atoms with Crippen molar-refractivity contribution in [3.05, 3.63) is 59.4 Å². The molecule has 3 rings (SSSR count). The average molecular weight is 439 g/mol. The number of aromatic nitrogens is 1. The number of ether oxygens (including phenoxy) is 1. The van der Waals surface area contributed by atoms with E-state index in [2.05, 4.69) is 4.98 Å². The molecule has 2 heterocycles. The maximum absolute atomic E-state index is 13.6. The van der Waals surface area contributed by atoms with E-state index in [1.54, 1.807) is 25.4 Å². The minimum absolute atomic E-state index is 0.147. The van der Waals surface area contributed by atoms with E-state index >= 15 is 0 Å². The fourth-order valence-corrected chi connectivity index (χ4v) is 3.64. The van der Waals surface area contributed by atoms with E-state index in [1.807, 2.05) is 37.3 Å². The summed E-state index contributed by atoms with van der Waals surface area (Å²) in [5.41, 5.74) is 2.84. The molecule has 0 N–H and O–H groups in total. The van der Waals surface area contributed by atoms with E-state index in [0.29, 0.717) is 11.1 Å². The van der Waals surface area contributed by atoms with E-state index in [9.17, 15) is 18.4 Å². The first-order chi connectivity index (χ1) is 15.2. The van der Waals surface area contributed by atoms with Crippen molar-refractivity contribution in [2.75, 3.05) is 13.7 Å². The highest BCUT2D eigenvalue weighted by Gasteiger charge is 2.47. The molecule has 0 bridgehead atoms. The topological polar surface area (TPSA) is 83.3 Å². The first-order valence-electron chi connectivity index (χ1n) is 10.1. The van der Waals surface area contributed by atoms with Crippen LogP contribution in [0, 0.1) is 11.3 Å². The molecule has 0 unspecified atom stereocenters. The van der Waals surface area contributed by atoms with Crippen molar-refractivity contribution in [1.82, 2.24) is 9.88 Å². The van der Waals surface area contributed by atoms with Crippen LogP contribution in [0.25, 0.3) is 11.6 Å². The number of Topliss-reactive ketones (excluding diaryl/α,β-unsaturated/α-hetero) is 1. The van der Waals surface area contributed by atoms with Crippen LogP contribution in [0.3, 0.4) is 0 Å². The predicted octanol–water partition coefficient (Wildman–Crippen LogP) is 4.37. The number of rotatable bonds is 7. The molecular weight excluding hydrogens is 416 g/mol. The van der Waals surface area contributed by atoms with E-state index in [0.717, 1.165) is 21.8 Å². The van der Waals surface area contributed by atoms with Gasteiger partial charge in [-0.3, -0.25) is 14.6 Å². The van der Waals surface area contributed by atoms with Crippen LogP contribution < -0.4 is 4.74 Å². The Labute approximate surface area is 185 Å². The van der Waals surface area contributed by atoms with Gasteiger partial charge in [0.25, 0.3) is 5.92 Å². The van der Waals surface area contributed by atoms with Gasteiger partial charge in [0.1, 0.15) is 11.8 Å². The monoisotopic (exact) mass is 439 g/mol. The van der Waals surface area contributed by atoms with Crippen LogP contribution in [0.4, 0.5) is 8.78 Å². The smallest absolute Gasteiger partial charge is 0.268 e. The number of hydrogen-bond donors (Lipinski definition) is 0. The summed E-state index contributed by atoms with van der Waals surface area (Å²) in [7, 11) is 1.59. The standard InChI is InChI=1S/C24H23F2N3O3/c1-16(17-3-5-20(32-2)6-4-17)11-18-14-28-10-9-21(18)22(30)7-8-23(31)29-15-24(25,26)12-19(29)13-27/h3-6,9-11,14,19H,7-8,12,15H2,1-2H3/b16-11+/t19-/m0/s1. The second kappa shape index (κ2) is 9.69. The summed E-state index contributed by atoms with van der Waals surface area (Å²) >= 11 is 0. The lowest BCUT2D eigenvalue weighted by Gasteiger charge is -2.18. The molecule has 1 aromatic carbocycles. The van der Waals surface area contributed by atoms with Crippen LogP contribution in [-0.2, 0) is 4.79 Å². The number of hydrogen-bond acceptors (Lipinski definition) is 5. The van der Waals surface area contributed by atoms with Crippen molar-refractivity contribution in [2.45, 2.75) is 38.2 Å². The van der Waals surface area contributed by atoms with Gasteiger partial charge in [0.15, 0.2) is 5.78 Å². The van der Waals surface area contributed by atoms with Gasteiger partial charge >= 0.3 is 0 Å². The van der Waals surface area contributed by atoms with Crippen molar-refractivity contribution in [3.63, 3.8) is 0 Å². The quantitative estimate of drug-likeness (QED) is 0.598. The van der Waals surface area contributed by atoms with Gasteiger partial charge in [0.2, 0.25) is 5.91 Å². The molecule has 1 aliphatic heterocycles. The average Bonchev–Trinajstić information content (AvgIpc) is 3.12. The second-order valence-corrected chi connectivity index (χ2v) is 7.67. The highest BCUT2D eigenvalue weighted by Crippen LogP contribution is 2.32. The van der Waals surface area contributed by atoms with Gasteiger partial charge in [0.05, 0.1) is 19.7 Å². The Bertz CT molecular complexity index is 1070. The number of allylic oxidation sites excluding steroid dienone is 1. The first kappa shape index (κ1) is 23.1. The third kappa shape index (κ3) is 5.35. The van der Waals surface area contributed by atoms with Crippen LogP contribution >= 0.6 is 0 Å². The van der Waals surface area contributed by atoms with Crippen molar-refractivity contribution < 1.29 is 23.1 Å². The third-order valence-corrected chi connectivity index (χ3v) is 5.37. The van der Waals surface area contributed by atoms with Gasteiger partial charge in [0, 0.05) is 42.8 Å². The molecule has 0 radical (unpaired) electrons. The molecule has 1 fully saturated rings. The van der Waals surface area contributed by atoms with Gasteiger partial charge in [-0.15, -0.1) is 0 Å². The normalized spacial score (nSPS) is 17.7. The number of nitriles is 1. The van der Waals surface area contributed by atoms with Gasteiger partial charge in [-0.2, -0.15) is 5.26 Å². The highest BCUT2D eigenvalue weighted by molar-refractivity contribution is 6.02. The van der Waals surface area contributed by atoms with Crippen LogP contribution in [0.5, 0.6) is 5.75 Å². The van der Waals surface area contributed by atoms with Gasteiger partial charge < -0.3 is 9.64 Å². The van der Waals surface area contributed by atoms with Crippen LogP contribution in [0.2, 0.25) is 0 Å². The first-order valence-corrected chi connectivity index (χ1v) is 10.1. The molecule has 0 spiro atoms. The van der Waals surface area contributed by atoms with Crippen molar-refractivity contribution >= 4 is 23.3 Å². The predicted molar refractivity (Wildman–Crippen MR) is 115 cm³/mol. The molecule has 166 valence electrons. The highest BCUT2D eigenvalue weighted by atomic mass is 19.3. The number of ketones is 1. The Morgan fingerprint density at radius 1 is 1.28 bits per heavy atom. The molecule has 0 aliphatic carbocycles. The fourth-order valence-electron chi connectivity index (χ4n) is 3.64. The van der Waals surface area contributed by atoms with E-state index < -0.39 is 30.8 Å². The Morgan fingerprint density at radius 3 is 2.66 bits per heavy atom. The molecule has 1 aromatic heterocycles. The molecule has 1 saturated heterocycles. The maximum atomic E-state index is 13.6. The zero-order valence-corrected chi connectivity index (χ0v) is 17.8.